The van der Waals surface area contributed by atoms with Gasteiger partial charge in [0, 0.05) is 6.04 Å². The number of nitrogens with one attached hydrogen (secondary N) is 1. The van der Waals surface area contributed by atoms with E-state index in [4.69, 9.17) is 11.6 Å². The van der Waals surface area contributed by atoms with Crippen LogP contribution in [0.5, 0.6) is 0 Å². The number of benzene rings is 1. The van der Waals surface area contributed by atoms with E-state index in [1.807, 2.05) is 0 Å². The van der Waals surface area contributed by atoms with E-state index in [1.54, 1.807) is 13.0 Å². The highest BCUT2D eigenvalue weighted by Crippen LogP contribution is 2.26. The third kappa shape index (κ3) is 3.69. The van der Waals surface area contributed by atoms with Crippen molar-refractivity contribution in [2.75, 3.05) is 0 Å². The summed E-state index contributed by atoms with van der Waals surface area (Å²) in [5.41, 5.74) is 1.38. The maximum atomic E-state index is 13.0. The molecule has 1 aliphatic rings. The maximum Gasteiger partial charge on any atom is 0.242 e. The largest absolute Gasteiger partial charge is 0.352 e. The molecule has 1 N–H and O–H groups in total. The number of hydrogen-bond acceptors (Lipinski definition) is 1. The van der Waals surface area contributed by atoms with Gasteiger partial charge in [-0.3, -0.25) is 4.79 Å². The SMILES string of the molecule is Cc1cc(F)ccc1C(Cl)C(=O)NC1CCCCC1. The molecular formula is C15H19ClFNO. The van der Waals surface area contributed by atoms with Crippen LogP contribution in [0.25, 0.3) is 0 Å². The molecule has 0 spiro atoms. The lowest BCUT2D eigenvalue weighted by molar-refractivity contribution is -0.121. The van der Waals surface area contributed by atoms with Crippen molar-refractivity contribution in [3.8, 4) is 0 Å². The fourth-order valence-corrected chi connectivity index (χ4v) is 2.89. The molecule has 1 saturated carbocycles. The highest BCUT2D eigenvalue weighted by Gasteiger charge is 2.23. The summed E-state index contributed by atoms with van der Waals surface area (Å²) >= 11 is 6.20. The lowest BCUT2D eigenvalue weighted by Gasteiger charge is -2.24. The fraction of sp³-hybridized carbons (Fsp3) is 0.533. The van der Waals surface area contributed by atoms with Crippen molar-refractivity contribution in [2.24, 2.45) is 0 Å². The predicted molar refractivity (Wildman–Crippen MR) is 74.7 cm³/mol. The Kier molecular flexibility index (Phi) is 4.81. The van der Waals surface area contributed by atoms with Crippen LogP contribution >= 0.6 is 11.6 Å². The molecule has 104 valence electrons. The molecule has 1 fully saturated rings. The van der Waals surface area contributed by atoms with Gasteiger partial charge in [-0.05, 0) is 43.0 Å². The van der Waals surface area contributed by atoms with Gasteiger partial charge >= 0.3 is 0 Å². The fourth-order valence-electron chi connectivity index (χ4n) is 2.59. The lowest BCUT2D eigenvalue weighted by Crippen LogP contribution is -2.38. The Bertz CT molecular complexity index is 457. The number of hydrogen-bond donors (Lipinski definition) is 1. The zero-order valence-electron chi connectivity index (χ0n) is 11.1. The summed E-state index contributed by atoms with van der Waals surface area (Å²) in [6, 6.07) is 4.57. The van der Waals surface area contributed by atoms with Crippen molar-refractivity contribution in [3.63, 3.8) is 0 Å². The molecule has 1 amide bonds. The Labute approximate surface area is 118 Å². The van der Waals surface area contributed by atoms with E-state index >= 15 is 0 Å². The number of alkyl halides is 1. The van der Waals surface area contributed by atoms with Crippen LogP contribution in [0.4, 0.5) is 4.39 Å². The van der Waals surface area contributed by atoms with Crippen molar-refractivity contribution < 1.29 is 9.18 Å². The van der Waals surface area contributed by atoms with Crippen molar-refractivity contribution >= 4 is 17.5 Å². The molecule has 0 bridgehead atoms. The molecule has 0 aliphatic heterocycles. The molecule has 1 unspecified atom stereocenters. The van der Waals surface area contributed by atoms with Crippen LogP contribution in [0.15, 0.2) is 18.2 Å². The predicted octanol–water partition coefficient (Wildman–Crippen LogP) is 3.86. The molecule has 4 heteroatoms. The van der Waals surface area contributed by atoms with Crippen LogP contribution in [0.1, 0.15) is 48.6 Å². The molecule has 1 aromatic carbocycles. The number of aryl methyl sites for hydroxylation is 1. The summed E-state index contributed by atoms with van der Waals surface area (Å²) in [5, 5.41) is 2.25. The first-order valence-corrected chi connectivity index (χ1v) is 7.22. The standard InChI is InChI=1S/C15H19ClFNO/c1-10-9-11(17)7-8-13(10)14(16)15(19)18-12-5-3-2-4-6-12/h7-9,12,14H,2-6H2,1H3,(H,18,19). The number of halogens is 2. The van der Waals surface area contributed by atoms with Gasteiger partial charge in [0.1, 0.15) is 11.2 Å². The first kappa shape index (κ1) is 14.3. The van der Waals surface area contributed by atoms with Gasteiger partial charge in [-0.15, -0.1) is 11.6 Å². The molecule has 0 saturated heterocycles. The number of carbonyl (C=O) groups excluding carboxylic acids is 1. The molecule has 0 heterocycles. The topological polar surface area (TPSA) is 29.1 Å². The zero-order valence-corrected chi connectivity index (χ0v) is 11.8. The highest BCUT2D eigenvalue weighted by atomic mass is 35.5. The van der Waals surface area contributed by atoms with E-state index in [2.05, 4.69) is 5.32 Å². The molecule has 2 nitrogen and oxygen atoms in total. The van der Waals surface area contributed by atoms with E-state index < -0.39 is 5.38 Å². The summed E-state index contributed by atoms with van der Waals surface area (Å²) < 4.78 is 13.0. The Balaban J connectivity index is 2.01. The minimum atomic E-state index is -0.748. The summed E-state index contributed by atoms with van der Waals surface area (Å²) in [7, 11) is 0. The maximum absolute atomic E-state index is 13.0. The van der Waals surface area contributed by atoms with E-state index in [0.29, 0.717) is 11.1 Å². The first-order valence-electron chi connectivity index (χ1n) is 6.78. The smallest absolute Gasteiger partial charge is 0.242 e. The van der Waals surface area contributed by atoms with Crippen LogP contribution < -0.4 is 5.32 Å². The summed E-state index contributed by atoms with van der Waals surface area (Å²) in [6.45, 7) is 1.77. The molecule has 0 radical (unpaired) electrons. The van der Waals surface area contributed by atoms with Crippen LogP contribution in [-0.4, -0.2) is 11.9 Å². The average Bonchev–Trinajstić information content (AvgIpc) is 2.39. The second-order valence-corrected chi connectivity index (χ2v) is 5.64. The van der Waals surface area contributed by atoms with Gasteiger partial charge in [-0.25, -0.2) is 4.39 Å². The molecular weight excluding hydrogens is 265 g/mol. The van der Waals surface area contributed by atoms with Gasteiger partial charge in [0.05, 0.1) is 0 Å². The Morgan fingerprint density at radius 2 is 2.05 bits per heavy atom. The minimum Gasteiger partial charge on any atom is -0.352 e. The Hall–Kier alpha value is -1.09. The van der Waals surface area contributed by atoms with Gasteiger partial charge in [-0.1, -0.05) is 25.3 Å². The molecule has 19 heavy (non-hydrogen) atoms. The van der Waals surface area contributed by atoms with Crippen LogP contribution in [0.3, 0.4) is 0 Å². The highest BCUT2D eigenvalue weighted by molar-refractivity contribution is 6.30. The van der Waals surface area contributed by atoms with Crippen LogP contribution in [0, 0.1) is 12.7 Å². The van der Waals surface area contributed by atoms with Crippen molar-refractivity contribution in [3.05, 3.63) is 35.1 Å². The lowest BCUT2D eigenvalue weighted by atomic mass is 9.95. The second-order valence-electron chi connectivity index (χ2n) is 5.21. The van der Waals surface area contributed by atoms with Gasteiger partial charge in [0.25, 0.3) is 0 Å². The molecule has 1 aromatic rings. The minimum absolute atomic E-state index is 0.178. The van der Waals surface area contributed by atoms with E-state index in [9.17, 15) is 9.18 Å². The molecule has 1 aliphatic carbocycles. The molecule has 2 rings (SSSR count). The van der Waals surface area contributed by atoms with Gasteiger partial charge < -0.3 is 5.32 Å². The quantitative estimate of drug-likeness (QED) is 0.839. The first-order chi connectivity index (χ1) is 9.08. The Morgan fingerprint density at radius 1 is 1.37 bits per heavy atom. The van der Waals surface area contributed by atoms with E-state index in [0.717, 1.165) is 25.7 Å². The summed E-state index contributed by atoms with van der Waals surface area (Å²) in [6.07, 6.45) is 5.62. The number of amides is 1. The average molecular weight is 284 g/mol. The van der Waals surface area contributed by atoms with E-state index in [1.165, 1.54) is 18.6 Å². The second kappa shape index (κ2) is 6.38. The van der Waals surface area contributed by atoms with Gasteiger partial charge in [-0.2, -0.15) is 0 Å². The van der Waals surface area contributed by atoms with Crippen LogP contribution in [-0.2, 0) is 4.79 Å². The van der Waals surface area contributed by atoms with Gasteiger partial charge in [0.2, 0.25) is 5.91 Å². The zero-order chi connectivity index (χ0) is 13.8. The normalized spacial score (nSPS) is 18.1. The number of rotatable bonds is 3. The molecule has 1 atom stereocenters. The third-order valence-corrected chi connectivity index (χ3v) is 4.12. The monoisotopic (exact) mass is 283 g/mol. The summed E-state index contributed by atoms with van der Waals surface area (Å²) in [5.74, 6) is -0.485. The molecule has 0 aromatic heterocycles. The Morgan fingerprint density at radius 3 is 2.68 bits per heavy atom. The third-order valence-electron chi connectivity index (χ3n) is 3.69. The van der Waals surface area contributed by atoms with Crippen molar-refractivity contribution in [1.82, 2.24) is 5.32 Å². The number of carbonyl (C=O) groups is 1. The van der Waals surface area contributed by atoms with Crippen LogP contribution in [0.2, 0.25) is 0 Å². The van der Waals surface area contributed by atoms with E-state index in [-0.39, 0.29) is 17.8 Å². The summed E-state index contributed by atoms with van der Waals surface area (Å²) in [4.78, 5) is 12.1. The van der Waals surface area contributed by atoms with Crippen molar-refractivity contribution in [2.45, 2.75) is 50.4 Å². The van der Waals surface area contributed by atoms with Gasteiger partial charge in [0.15, 0.2) is 0 Å². The van der Waals surface area contributed by atoms with Crippen molar-refractivity contribution in [1.29, 1.82) is 0 Å².